The average molecular weight is 300 g/mol. The summed E-state index contributed by atoms with van der Waals surface area (Å²) < 4.78 is 0. The van der Waals surface area contributed by atoms with E-state index >= 15 is 0 Å². The number of benzene rings is 1. The van der Waals surface area contributed by atoms with Crippen molar-refractivity contribution in [2.45, 2.75) is 25.7 Å². The van der Waals surface area contributed by atoms with E-state index in [4.69, 9.17) is 0 Å². The molecule has 2 amide bonds. The Morgan fingerprint density at radius 3 is 2.50 bits per heavy atom. The number of hydrazine groups is 1. The van der Waals surface area contributed by atoms with Crippen LogP contribution in [0.25, 0.3) is 0 Å². The molecule has 1 aromatic carbocycles. The molecule has 2 N–H and O–H groups in total. The smallest absolute Gasteiger partial charge is 0.269 e. The van der Waals surface area contributed by atoms with E-state index in [0.29, 0.717) is 18.4 Å². The summed E-state index contributed by atoms with van der Waals surface area (Å²) in [4.78, 5) is 26.1. The van der Waals surface area contributed by atoms with Crippen LogP contribution in [0.1, 0.15) is 36.0 Å². The van der Waals surface area contributed by atoms with E-state index < -0.39 is 17.2 Å². The third kappa shape index (κ3) is 3.19. The van der Waals surface area contributed by atoms with Gasteiger partial charge < -0.3 is 4.90 Å². The van der Waals surface area contributed by atoms with Gasteiger partial charge in [-0.15, -0.1) is 0 Å². The van der Waals surface area contributed by atoms with Crippen LogP contribution in [0.4, 0.5) is 5.69 Å². The van der Waals surface area contributed by atoms with Gasteiger partial charge >= 0.3 is 0 Å². The molecule has 0 unspecified atom stereocenters. The maximum absolute atomic E-state index is 12.2. The second-order valence-corrected chi connectivity index (χ2v) is 5.75. The molecule has 0 atom stereocenters. The molecule has 0 aliphatic heterocycles. The molecule has 6 nitrogen and oxygen atoms in total. The molecule has 1 aromatic rings. The van der Waals surface area contributed by atoms with Crippen LogP contribution in [0.15, 0.2) is 24.3 Å². The van der Waals surface area contributed by atoms with E-state index in [1.807, 2.05) is 25.1 Å². The quantitative estimate of drug-likeness (QED) is 0.830. The first-order valence-electron chi connectivity index (χ1n) is 7.28. The van der Waals surface area contributed by atoms with Gasteiger partial charge in [0.2, 0.25) is 0 Å². The number of hydrogen-bond acceptors (Lipinski definition) is 4. The molecule has 116 valence electrons. The highest BCUT2D eigenvalue weighted by molar-refractivity contribution is 5.97. The Labute approximate surface area is 130 Å². The second kappa shape index (κ2) is 6.48. The lowest BCUT2D eigenvalue weighted by Gasteiger charge is -2.19. The summed E-state index contributed by atoms with van der Waals surface area (Å²) in [6.07, 6.45) is 2.81. The van der Waals surface area contributed by atoms with Crippen LogP contribution in [-0.2, 0) is 4.79 Å². The van der Waals surface area contributed by atoms with Gasteiger partial charge in [0.15, 0.2) is 0 Å². The molecule has 1 aliphatic carbocycles. The van der Waals surface area contributed by atoms with Gasteiger partial charge in [0.05, 0.1) is 6.07 Å². The van der Waals surface area contributed by atoms with Gasteiger partial charge in [0, 0.05) is 25.3 Å². The van der Waals surface area contributed by atoms with Crippen LogP contribution in [0.3, 0.4) is 0 Å². The topological polar surface area (TPSA) is 85.2 Å². The molecule has 1 aliphatic rings. The Kier molecular flexibility index (Phi) is 4.66. The van der Waals surface area contributed by atoms with Crippen molar-refractivity contribution in [3.8, 4) is 6.07 Å². The number of rotatable bonds is 3. The maximum Gasteiger partial charge on any atom is 0.269 e. The van der Waals surface area contributed by atoms with Gasteiger partial charge in [0.25, 0.3) is 11.8 Å². The molecule has 0 heterocycles. The summed E-state index contributed by atoms with van der Waals surface area (Å²) in [6, 6.07) is 9.16. The molecule has 1 fully saturated rings. The molecule has 0 bridgehead atoms. The zero-order valence-electron chi connectivity index (χ0n) is 12.8. The minimum Gasteiger partial charge on any atom is -0.378 e. The normalized spacial score (nSPS) is 15.7. The van der Waals surface area contributed by atoms with Gasteiger partial charge in [0.1, 0.15) is 5.41 Å². The van der Waals surface area contributed by atoms with Gasteiger partial charge in [-0.2, -0.15) is 5.26 Å². The second-order valence-electron chi connectivity index (χ2n) is 5.75. The maximum atomic E-state index is 12.2. The molecular formula is C16H20N4O2. The number of amides is 2. The fraction of sp³-hybridized carbons (Fsp3) is 0.438. The molecular weight excluding hydrogens is 280 g/mol. The van der Waals surface area contributed by atoms with E-state index in [-0.39, 0.29) is 0 Å². The van der Waals surface area contributed by atoms with Crippen LogP contribution in [0.5, 0.6) is 0 Å². The number of nitriles is 1. The van der Waals surface area contributed by atoms with Crippen molar-refractivity contribution in [2.75, 3.05) is 19.0 Å². The number of carbonyl (C=O) groups excluding carboxylic acids is 2. The number of hydrogen-bond donors (Lipinski definition) is 2. The Morgan fingerprint density at radius 2 is 1.91 bits per heavy atom. The Balaban J connectivity index is 2.00. The number of anilines is 1. The van der Waals surface area contributed by atoms with Crippen LogP contribution in [0, 0.1) is 16.7 Å². The summed E-state index contributed by atoms with van der Waals surface area (Å²) >= 11 is 0. The Hall–Kier alpha value is -2.55. The Bertz CT molecular complexity index is 613. The van der Waals surface area contributed by atoms with Crippen molar-refractivity contribution in [2.24, 2.45) is 5.41 Å². The van der Waals surface area contributed by atoms with Crippen LogP contribution >= 0.6 is 0 Å². The lowest BCUT2D eigenvalue weighted by atomic mass is 9.87. The van der Waals surface area contributed by atoms with E-state index in [9.17, 15) is 14.9 Å². The zero-order valence-corrected chi connectivity index (χ0v) is 12.8. The third-order valence-corrected chi connectivity index (χ3v) is 4.02. The van der Waals surface area contributed by atoms with Crippen molar-refractivity contribution in [3.05, 3.63) is 29.8 Å². The molecule has 0 saturated heterocycles. The standard InChI is InChI=1S/C16H20N4O2/c1-20(2)13-7-5-6-12(10-13)14(21)18-19-15(22)16(11-17)8-3-4-9-16/h5-7,10H,3-4,8-9H2,1-2H3,(H,18,21)(H,19,22). The van der Waals surface area contributed by atoms with Crippen molar-refractivity contribution in [1.29, 1.82) is 5.26 Å². The van der Waals surface area contributed by atoms with Crippen molar-refractivity contribution < 1.29 is 9.59 Å². The first-order chi connectivity index (χ1) is 10.5. The summed E-state index contributed by atoms with van der Waals surface area (Å²) in [5.74, 6) is -0.826. The third-order valence-electron chi connectivity index (χ3n) is 4.02. The highest BCUT2D eigenvalue weighted by atomic mass is 16.2. The summed E-state index contributed by atoms with van der Waals surface area (Å²) in [6.45, 7) is 0. The van der Waals surface area contributed by atoms with Crippen LogP contribution < -0.4 is 15.8 Å². The van der Waals surface area contributed by atoms with Crippen LogP contribution in [0.2, 0.25) is 0 Å². The first-order valence-corrected chi connectivity index (χ1v) is 7.28. The molecule has 22 heavy (non-hydrogen) atoms. The SMILES string of the molecule is CN(C)c1cccc(C(=O)NNC(=O)C2(C#N)CCCC2)c1. The fourth-order valence-electron chi connectivity index (χ4n) is 2.60. The molecule has 6 heteroatoms. The highest BCUT2D eigenvalue weighted by Gasteiger charge is 2.41. The van der Waals surface area contributed by atoms with Crippen molar-refractivity contribution in [3.63, 3.8) is 0 Å². The van der Waals surface area contributed by atoms with E-state index in [0.717, 1.165) is 18.5 Å². The molecule has 2 rings (SSSR count). The van der Waals surface area contributed by atoms with E-state index in [1.165, 1.54) is 0 Å². The number of nitrogens with one attached hydrogen (secondary N) is 2. The number of nitrogens with zero attached hydrogens (tertiary/aromatic N) is 2. The molecule has 0 aromatic heterocycles. The first kappa shape index (κ1) is 15.8. The summed E-state index contributed by atoms with van der Waals surface area (Å²) in [5.41, 5.74) is 5.12. The predicted octanol–water partition coefficient (Wildman–Crippen LogP) is 1.60. The molecule has 0 spiro atoms. The largest absolute Gasteiger partial charge is 0.378 e. The number of carbonyl (C=O) groups is 2. The monoisotopic (exact) mass is 300 g/mol. The average Bonchev–Trinajstić information content (AvgIpc) is 3.02. The minimum absolute atomic E-state index is 0.400. The van der Waals surface area contributed by atoms with Gasteiger partial charge in [-0.25, -0.2) is 0 Å². The van der Waals surface area contributed by atoms with E-state index in [2.05, 4.69) is 16.9 Å². The van der Waals surface area contributed by atoms with Crippen molar-refractivity contribution in [1.82, 2.24) is 10.9 Å². The van der Waals surface area contributed by atoms with Gasteiger partial charge in [-0.3, -0.25) is 20.4 Å². The Morgan fingerprint density at radius 1 is 1.23 bits per heavy atom. The van der Waals surface area contributed by atoms with E-state index in [1.54, 1.807) is 18.2 Å². The highest BCUT2D eigenvalue weighted by Crippen LogP contribution is 2.37. The lowest BCUT2D eigenvalue weighted by molar-refractivity contribution is -0.128. The minimum atomic E-state index is -1.00. The predicted molar refractivity (Wildman–Crippen MR) is 82.9 cm³/mol. The lowest BCUT2D eigenvalue weighted by Crippen LogP contribution is -2.48. The van der Waals surface area contributed by atoms with Crippen LogP contribution in [-0.4, -0.2) is 25.9 Å². The molecule has 0 radical (unpaired) electrons. The zero-order chi connectivity index (χ0) is 16.2. The summed E-state index contributed by atoms with van der Waals surface area (Å²) in [5, 5.41) is 9.24. The molecule has 1 saturated carbocycles. The van der Waals surface area contributed by atoms with Crippen molar-refractivity contribution >= 4 is 17.5 Å². The fourth-order valence-corrected chi connectivity index (χ4v) is 2.60. The summed E-state index contributed by atoms with van der Waals surface area (Å²) in [7, 11) is 3.77. The van der Waals surface area contributed by atoms with Gasteiger partial charge in [-0.1, -0.05) is 18.9 Å². The van der Waals surface area contributed by atoms with Gasteiger partial charge in [-0.05, 0) is 31.0 Å².